The Morgan fingerprint density at radius 1 is 1.32 bits per heavy atom. The monoisotopic (exact) mass is 303 g/mol. The van der Waals surface area contributed by atoms with Crippen molar-refractivity contribution in [2.24, 2.45) is 0 Å². The summed E-state index contributed by atoms with van der Waals surface area (Å²) in [4.78, 5) is 13.6. The molecule has 0 spiro atoms. The van der Waals surface area contributed by atoms with Crippen LogP contribution in [0.3, 0.4) is 0 Å². The summed E-state index contributed by atoms with van der Waals surface area (Å²) in [5.74, 6) is 0.909. The molecule has 0 unspecified atom stereocenters. The molecule has 1 saturated heterocycles. The molecule has 0 saturated carbocycles. The van der Waals surface area contributed by atoms with Gasteiger partial charge < -0.3 is 14.4 Å². The Balaban J connectivity index is 2.03. The number of likely N-dealkylation sites (tertiary alicyclic amines) is 1. The summed E-state index contributed by atoms with van der Waals surface area (Å²) in [6.07, 6.45) is 0.0254. The molecule has 120 valence electrons. The molecule has 4 nitrogen and oxygen atoms in total. The second kappa shape index (κ2) is 6.03. The van der Waals surface area contributed by atoms with Gasteiger partial charge in [-0.05, 0) is 24.0 Å². The normalized spacial score (nSPS) is 15.2. The molecule has 1 aliphatic rings. The van der Waals surface area contributed by atoms with E-state index in [9.17, 15) is 4.79 Å². The second-order valence-electron chi connectivity index (χ2n) is 6.83. The van der Waals surface area contributed by atoms with E-state index in [-0.39, 0.29) is 23.2 Å². The number of carbonyl (C=O) groups excluding carboxylic acids is 1. The maximum Gasteiger partial charge on any atom is 0.288 e. The summed E-state index contributed by atoms with van der Waals surface area (Å²) in [6.45, 7) is 13.3. The highest BCUT2D eigenvalue weighted by atomic mass is 16.5. The van der Waals surface area contributed by atoms with Crippen LogP contribution in [0.5, 0.6) is 5.75 Å². The number of hydrogen-bond acceptors (Lipinski definition) is 3. The summed E-state index contributed by atoms with van der Waals surface area (Å²) >= 11 is 0. The summed E-state index contributed by atoms with van der Waals surface area (Å²) in [7, 11) is 1.45. The van der Waals surface area contributed by atoms with Crippen molar-refractivity contribution in [2.45, 2.75) is 39.2 Å². The number of ether oxygens (including phenoxy) is 2. The van der Waals surface area contributed by atoms with Gasteiger partial charge in [-0.25, -0.2) is 0 Å². The van der Waals surface area contributed by atoms with Crippen LogP contribution in [0.4, 0.5) is 0 Å². The van der Waals surface area contributed by atoms with Crippen molar-refractivity contribution in [1.82, 2.24) is 4.90 Å². The van der Waals surface area contributed by atoms with Crippen LogP contribution in [0, 0.1) is 6.92 Å². The topological polar surface area (TPSA) is 38.8 Å². The molecule has 1 aromatic rings. The molecule has 0 aromatic heterocycles. The van der Waals surface area contributed by atoms with Gasteiger partial charge in [0.2, 0.25) is 0 Å². The largest absolute Gasteiger partial charge is 0.492 e. The first-order valence-corrected chi connectivity index (χ1v) is 7.52. The number of hydrogen-bond donors (Lipinski definition) is 0. The number of benzene rings is 1. The van der Waals surface area contributed by atoms with Crippen LogP contribution >= 0.6 is 0 Å². The Bertz CT molecular complexity index is 580. The van der Waals surface area contributed by atoms with Crippen molar-refractivity contribution < 1.29 is 14.3 Å². The number of amides is 1. The van der Waals surface area contributed by atoms with Gasteiger partial charge in [0.15, 0.2) is 5.76 Å². The Hall–Kier alpha value is -1.97. The minimum atomic E-state index is -0.165. The highest BCUT2D eigenvalue weighted by Crippen LogP contribution is 2.33. The lowest BCUT2D eigenvalue weighted by Crippen LogP contribution is -2.56. The van der Waals surface area contributed by atoms with Gasteiger partial charge in [0, 0.05) is 0 Å². The lowest BCUT2D eigenvalue weighted by molar-refractivity contribution is -0.139. The summed E-state index contributed by atoms with van der Waals surface area (Å²) < 4.78 is 11.0. The SMILES string of the molecule is C=C(OC)C(=O)N1CC(Oc2ccc(C)cc2C(C)(C)C)C1. The van der Waals surface area contributed by atoms with Crippen molar-refractivity contribution in [3.05, 3.63) is 41.7 Å². The predicted molar refractivity (Wildman–Crippen MR) is 87.0 cm³/mol. The molecule has 22 heavy (non-hydrogen) atoms. The predicted octanol–water partition coefficient (Wildman–Crippen LogP) is 3.04. The Kier molecular flexibility index (Phi) is 4.50. The smallest absolute Gasteiger partial charge is 0.288 e. The molecule has 0 atom stereocenters. The lowest BCUT2D eigenvalue weighted by atomic mass is 9.85. The van der Waals surface area contributed by atoms with Crippen LogP contribution in [0.25, 0.3) is 0 Å². The van der Waals surface area contributed by atoms with Crippen molar-refractivity contribution in [3.63, 3.8) is 0 Å². The molecule has 1 fully saturated rings. The van der Waals surface area contributed by atoms with Crippen LogP contribution < -0.4 is 4.74 Å². The standard InChI is InChI=1S/C18H25NO3/c1-12-7-8-16(15(9-12)18(3,4)5)22-14-10-19(11-14)17(20)13(2)21-6/h7-9,14H,2,10-11H2,1,3-6H3. The third kappa shape index (κ3) is 3.43. The third-order valence-corrected chi connectivity index (χ3v) is 3.86. The molecular formula is C18H25NO3. The zero-order valence-corrected chi connectivity index (χ0v) is 14.1. The van der Waals surface area contributed by atoms with Crippen LogP contribution in [0.1, 0.15) is 31.9 Å². The van der Waals surface area contributed by atoms with Crippen LogP contribution in [0.2, 0.25) is 0 Å². The highest BCUT2D eigenvalue weighted by molar-refractivity contribution is 5.91. The summed E-state index contributed by atoms with van der Waals surface area (Å²) in [6, 6.07) is 6.25. The van der Waals surface area contributed by atoms with E-state index in [0.717, 1.165) is 5.75 Å². The van der Waals surface area contributed by atoms with Gasteiger partial charge in [0.25, 0.3) is 5.91 Å². The minimum absolute atomic E-state index is 0.0188. The molecule has 0 bridgehead atoms. The first-order valence-electron chi connectivity index (χ1n) is 7.52. The van der Waals surface area contributed by atoms with Gasteiger partial charge in [-0.1, -0.05) is 45.0 Å². The summed E-state index contributed by atoms with van der Waals surface area (Å²) in [5, 5.41) is 0. The zero-order valence-electron chi connectivity index (χ0n) is 14.1. The molecule has 1 amide bonds. The lowest BCUT2D eigenvalue weighted by Gasteiger charge is -2.39. The fourth-order valence-electron chi connectivity index (χ4n) is 2.45. The van der Waals surface area contributed by atoms with E-state index < -0.39 is 0 Å². The molecule has 1 aromatic carbocycles. The molecule has 1 aliphatic heterocycles. The maximum atomic E-state index is 11.9. The number of nitrogens with zero attached hydrogens (tertiary/aromatic N) is 1. The van der Waals surface area contributed by atoms with E-state index in [1.807, 2.05) is 6.07 Å². The number of aryl methyl sites for hydroxylation is 1. The van der Waals surface area contributed by atoms with Crippen molar-refractivity contribution >= 4 is 5.91 Å². The number of carbonyl (C=O) groups is 1. The molecule has 1 heterocycles. The van der Waals surface area contributed by atoms with Gasteiger partial charge in [-0.2, -0.15) is 0 Å². The molecule has 0 radical (unpaired) electrons. The molecule has 4 heteroatoms. The van der Waals surface area contributed by atoms with E-state index in [1.54, 1.807) is 4.90 Å². The fourth-order valence-corrected chi connectivity index (χ4v) is 2.45. The minimum Gasteiger partial charge on any atom is -0.492 e. The Labute approximate surface area is 132 Å². The van der Waals surface area contributed by atoms with E-state index in [4.69, 9.17) is 9.47 Å². The molecule has 0 aliphatic carbocycles. The third-order valence-electron chi connectivity index (χ3n) is 3.86. The van der Waals surface area contributed by atoms with Gasteiger partial charge in [0.05, 0.1) is 20.2 Å². The second-order valence-corrected chi connectivity index (χ2v) is 6.83. The quantitative estimate of drug-likeness (QED) is 0.634. The van der Waals surface area contributed by atoms with Crippen LogP contribution in [-0.2, 0) is 14.9 Å². The molecule has 2 rings (SSSR count). The van der Waals surface area contributed by atoms with Gasteiger partial charge >= 0.3 is 0 Å². The van der Waals surface area contributed by atoms with Crippen LogP contribution in [0.15, 0.2) is 30.5 Å². The van der Waals surface area contributed by atoms with Crippen LogP contribution in [-0.4, -0.2) is 37.1 Å². The Morgan fingerprint density at radius 3 is 2.50 bits per heavy atom. The zero-order chi connectivity index (χ0) is 16.5. The van der Waals surface area contributed by atoms with Crippen molar-refractivity contribution in [1.29, 1.82) is 0 Å². The van der Waals surface area contributed by atoms with Crippen molar-refractivity contribution in [2.75, 3.05) is 20.2 Å². The van der Waals surface area contributed by atoms with Crippen molar-refractivity contribution in [3.8, 4) is 5.75 Å². The molecular weight excluding hydrogens is 278 g/mol. The highest BCUT2D eigenvalue weighted by Gasteiger charge is 2.34. The van der Waals surface area contributed by atoms with E-state index in [0.29, 0.717) is 13.1 Å². The number of rotatable bonds is 4. The fraction of sp³-hybridized carbons (Fsp3) is 0.500. The first-order chi connectivity index (χ1) is 10.2. The van der Waals surface area contributed by atoms with Gasteiger partial charge in [-0.3, -0.25) is 4.79 Å². The number of methoxy groups -OCH3 is 1. The van der Waals surface area contributed by atoms with E-state index in [1.165, 1.54) is 18.2 Å². The van der Waals surface area contributed by atoms with E-state index in [2.05, 4.69) is 46.4 Å². The molecule has 0 N–H and O–H groups in total. The summed E-state index contributed by atoms with van der Waals surface area (Å²) in [5.41, 5.74) is 2.43. The Morgan fingerprint density at radius 2 is 1.95 bits per heavy atom. The van der Waals surface area contributed by atoms with Gasteiger partial charge in [-0.15, -0.1) is 0 Å². The maximum absolute atomic E-state index is 11.9. The average Bonchev–Trinajstić information content (AvgIpc) is 2.41. The van der Waals surface area contributed by atoms with Gasteiger partial charge in [0.1, 0.15) is 11.9 Å². The average molecular weight is 303 g/mol. The first kappa shape index (κ1) is 16.4. The van der Waals surface area contributed by atoms with E-state index >= 15 is 0 Å².